The Balaban J connectivity index is 3.58. The largest absolute Gasteiger partial charge is 0.395 e. The molecular formula is C8H18N2O. The summed E-state index contributed by atoms with van der Waals surface area (Å²) in [6.45, 7) is 8.04. The van der Waals surface area contributed by atoms with Crippen molar-refractivity contribution in [3.8, 4) is 0 Å². The van der Waals surface area contributed by atoms with Gasteiger partial charge in [0.2, 0.25) is 0 Å². The fraction of sp³-hybridized carbons (Fsp3) is 0.750. The lowest BCUT2D eigenvalue weighted by molar-refractivity contribution is 0.203. The third-order valence-corrected chi connectivity index (χ3v) is 1.35. The quantitative estimate of drug-likeness (QED) is 0.527. The van der Waals surface area contributed by atoms with Gasteiger partial charge in [0.1, 0.15) is 0 Å². The van der Waals surface area contributed by atoms with Crippen LogP contribution in [0.4, 0.5) is 0 Å². The lowest BCUT2D eigenvalue weighted by Gasteiger charge is -2.21. The fourth-order valence-electron chi connectivity index (χ4n) is 0.988. The van der Waals surface area contributed by atoms with Gasteiger partial charge in [-0.15, -0.1) is 6.58 Å². The van der Waals surface area contributed by atoms with Gasteiger partial charge in [-0.25, -0.2) is 0 Å². The molecule has 0 saturated carbocycles. The SMILES string of the molecule is C=CCN(CCO)CC(C)N. The third kappa shape index (κ3) is 6.04. The summed E-state index contributed by atoms with van der Waals surface area (Å²) in [6, 6.07) is 0.154. The van der Waals surface area contributed by atoms with E-state index in [-0.39, 0.29) is 12.6 Å². The van der Waals surface area contributed by atoms with E-state index in [1.807, 2.05) is 13.0 Å². The average Bonchev–Trinajstić information content (AvgIpc) is 1.87. The predicted molar refractivity (Wildman–Crippen MR) is 47.4 cm³/mol. The summed E-state index contributed by atoms with van der Waals surface area (Å²) < 4.78 is 0. The second kappa shape index (κ2) is 6.34. The van der Waals surface area contributed by atoms with Crippen molar-refractivity contribution in [2.45, 2.75) is 13.0 Å². The Morgan fingerprint density at radius 1 is 1.73 bits per heavy atom. The summed E-state index contributed by atoms with van der Waals surface area (Å²) in [4.78, 5) is 2.07. The maximum atomic E-state index is 8.66. The summed E-state index contributed by atoms with van der Waals surface area (Å²) in [5.74, 6) is 0. The topological polar surface area (TPSA) is 49.5 Å². The minimum absolute atomic E-state index is 0.154. The van der Waals surface area contributed by atoms with Crippen molar-refractivity contribution in [3.63, 3.8) is 0 Å². The van der Waals surface area contributed by atoms with Gasteiger partial charge in [0, 0.05) is 25.7 Å². The highest BCUT2D eigenvalue weighted by Gasteiger charge is 2.03. The standard InChI is InChI=1S/C8H18N2O/c1-3-4-10(5-6-11)7-8(2)9/h3,8,11H,1,4-7,9H2,2H3. The highest BCUT2D eigenvalue weighted by Crippen LogP contribution is 1.89. The smallest absolute Gasteiger partial charge is 0.0558 e. The molecule has 0 rings (SSSR count). The van der Waals surface area contributed by atoms with E-state index < -0.39 is 0 Å². The monoisotopic (exact) mass is 158 g/mol. The zero-order valence-corrected chi connectivity index (χ0v) is 7.16. The summed E-state index contributed by atoms with van der Waals surface area (Å²) in [7, 11) is 0. The van der Waals surface area contributed by atoms with E-state index in [2.05, 4.69) is 11.5 Å². The molecule has 0 heterocycles. The van der Waals surface area contributed by atoms with E-state index in [9.17, 15) is 0 Å². The second-order valence-corrected chi connectivity index (χ2v) is 2.75. The first-order valence-electron chi connectivity index (χ1n) is 3.90. The lowest BCUT2D eigenvalue weighted by atomic mass is 10.3. The number of nitrogens with two attached hydrogens (primary N) is 1. The van der Waals surface area contributed by atoms with Crippen LogP contribution < -0.4 is 5.73 Å². The van der Waals surface area contributed by atoms with E-state index in [0.29, 0.717) is 6.54 Å². The van der Waals surface area contributed by atoms with Crippen molar-refractivity contribution in [3.05, 3.63) is 12.7 Å². The molecule has 0 fully saturated rings. The number of aliphatic hydroxyl groups is 1. The average molecular weight is 158 g/mol. The molecule has 0 radical (unpaired) electrons. The predicted octanol–water partition coefficient (Wildman–Crippen LogP) is -0.186. The zero-order chi connectivity index (χ0) is 8.69. The summed E-state index contributed by atoms with van der Waals surface area (Å²) in [5.41, 5.74) is 5.60. The number of rotatable bonds is 6. The van der Waals surface area contributed by atoms with Crippen LogP contribution in [-0.2, 0) is 0 Å². The molecule has 0 aromatic heterocycles. The molecule has 66 valence electrons. The van der Waals surface area contributed by atoms with E-state index in [4.69, 9.17) is 10.8 Å². The zero-order valence-electron chi connectivity index (χ0n) is 7.16. The van der Waals surface area contributed by atoms with Gasteiger partial charge < -0.3 is 10.8 Å². The Kier molecular flexibility index (Phi) is 6.12. The van der Waals surface area contributed by atoms with Crippen LogP contribution in [0.15, 0.2) is 12.7 Å². The molecular weight excluding hydrogens is 140 g/mol. The van der Waals surface area contributed by atoms with Crippen LogP contribution in [0.5, 0.6) is 0 Å². The minimum Gasteiger partial charge on any atom is -0.395 e. The number of nitrogens with zero attached hydrogens (tertiary/aromatic N) is 1. The van der Waals surface area contributed by atoms with Gasteiger partial charge in [0.05, 0.1) is 6.61 Å². The van der Waals surface area contributed by atoms with Gasteiger partial charge in [-0.2, -0.15) is 0 Å². The first kappa shape index (κ1) is 10.6. The van der Waals surface area contributed by atoms with Gasteiger partial charge in [-0.3, -0.25) is 4.90 Å². The molecule has 11 heavy (non-hydrogen) atoms. The molecule has 3 nitrogen and oxygen atoms in total. The van der Waals surface area contributed by atoms with Crippen LogP contribution in [0.1, 0.15) is 6.92 Å². The van der Waals surface area contributed by atoms with Crippen molar-refractivity contribution in [2.75, 3.05) is 26.2 Å². The first-order valence-corrected chi connectivity index (χ1v) is 3.90. The summed E-state index contributed by atoms with van der Waals surface area (Å²) >= 11 is 0. The molecule has 0 aromatic carbocycles. The fourth-order valence-corrected chi connectivity index (χ4v) is 0.988. The number of hydrogen-bond acceptors (Lipinski definition) is 3. The van der Waals surface area contributed by atoms with Crippen molar-refractivity contribution in [1.29, 1.82) is 0 Å². The van der Waals surface area contributed by atoms with Gasteiger partial charge in [-0.1, -0.05) is 6.08 Å². The number of hydrogen-bond donors (Lipinski definition) is 2. The second-order valence-electron chi connectivity index (χ2n) is 2.75. The summed E-state index contributed by atoms with van der Waals surface area (Å²) in [6.07, 6.45) is 1.82. The van der Waals surface area contributed by atoms with E-state index >= 15 is 0 Å². The molecule has 0 spiro atoms. The lowest BCUT2D eigenvalue weighted by Crippen LogP contribution is -2.37. The minimum atomic E-state index is 0.154. The van der Waals surface area contributed by atoms with E-state index in [1.165, 1.54) is 0 Å². The molecule has 0 aliphatic carbocycles. The van der Waals surface area contributed by atoms with Crippen LogP contribution in [0.2, 0.25) is 0 Å². The molecule has 0 saturated heterocycles. The molecule has 0 aliphatic heterocycles. The molecule has 3 N–H and O–H groups in total. The van der Waals surface area contributed by atoms with Gasteiger partial charge in [0.15, 0.2) is 0 Å². The highest BCUT2D eigenvalue weighted by molar-refractivity contribution is 4.75. The molecule has 1 unspecified atom stereocenters. The van der Waals surface area contributed by atoms with E-state index in [1.54, 1.807) is 0 Å². The Morgan fingerprint density at radius 2 is 2.36 bits per heavy atom. The Labute approximate surface area is 68.5 Å². The van der Waals surface area contributed by atoms with Gasteiger partial charge in [-0.05, 0) is 6.92 Å². The molecule has 0 aliphatic rings. The maximum absolute atomic E-state index is 8.66. The molecule has 1 atom stereocenters. The van der Waals surface area contributed by atoms with Crippen molar-refractivity contribution < 1.29 is 5.11 Å². The van der Waals surface area contributed by atoms with Crippen LogP contribution in [0.3, 0.4) is 0 Å². The Bertz CT molecular complexity index is 104. The first-order chi connectivity index (χ1) is 5.20. The molecule has 3 heteroatoms. The van der Waals surface area contributed by atoms with Gasteiger partial charge >= 0.3 is 0 Å². The van der Waals surface area contributed by atoms with Crippen LogP contribution in [0, 0.1) is 0 Å². The molecule has 0 aromatic rings. The van der Waals surface area contributed by atoms with Crippen molar-refractivity contribution in [2.24, 2.45) is 5.73 Å². The number of aliphatic hydroxyl groups excluding tert-OH is 1. The summed E-state index contributed by atoms with van der Waals surface area (Å²) in [5, 5.41) is 8.66. The van der Waals surface area contributed by atoms with Crippen molar-refractivity contribution in [1.82, 2.24) is 4.90 Å². The molecule has 0 amide bonds. The van der Waals surface area contributed by atoms with Crippen LogP contribution >= 0.6 is 0 Å². The third-order valence-electron chi connectivity index (χ3n) is 1.35. The Hall–Kier alpha value is -0.380. The van der Waals surface area contributed by atoms with Crippen LogP contribution in [0.25, 0.3) is 0 Å². The normalized spacial score (nSPS) is 13.5. The maximum Gasteiger partial charge on any atom is 0.0558 e. The van der Waals surface area contributed by atoms with E-state index in [0.717, 1.165) is 13.1 Å². The highest BCUT2D eigenvalue weighted by atomic mass is 16.3. The van der Waals surface area contributed by atoms with Crippen LogP contribution in [-0.4, -0.2) is 42.3 Å². The van der Waals surface area contributed by atoms with Crippen molar-refractivity contribution >= 4 is 0 Å². The molecule has 0 bridgehead atoms. The van der Waals surface area contributed by atoms with Gasteiger partial charge in [0.25, 0.3) is 0 Å². The Morgan fingerprint density at radius 3 is 2.73 bits per heavy atom.